The largest absolute Gasteiger partial charge is 0.378 e. The number of amides is 2. The highest BCUT2D eigenvalue weighted by Gasteiger charge is 2.41. The summed E-state index contributed by atoms with van der Waals surface area (Å²) < 4.78 is 5.44. The Balaban J connectivity index is 1.50. The fraction of sp³-hybridized carbons (Fsp3) is 0.600. The highest BCUT2D eigenvalue weighted by Crippen LogP contribution is 2.38. The van der Waals surface area contributed by atoms with Crippen LogP contribution in [0.25, 0.3) is 0 Å². The van der Waals surface area contributed by atoms with Crippen molar-refractivity contribution in [3.63, 3.8) is 0 Å². The van der Waals surface area contributed by atoms with E-state index >= 15 is 0 Å². The van der Waals surface area contributed by atoms with Crippen LogP contribution in [-0.4, -0.2) is 62.7 Å². The van der Waals surface area contributed by atoms with Crippen molar-refractivity contribution in [2.75, 3.05) is 44.8 Å². The van der Waals surface area contributed by atoms with Gasteiger partial charge in [-0.05, 0) is 36.8 Å². The Hall–Kier alpha value is -2.08. The van der Waals surface area contributed by atoms with Crippen molar-refractivity contribution in [3.8, 4) is 0 Å². The SMILES string of the molecule is CN(C(=O)c1ccccc1N1CCOCC1)[C@H]1C[C@H]2CC(=O)NC[C@H]2C1. The number of nitrogens with zero attached hydrogens (tertiary/aromatic N) is 2. The van der Waals surface area contributed by atoms with Gasteiger partial charge in [0.15, 0.2) is 0 Å². The van der Waals surface area contributed by atoms with Crippen LogP contribution in [-0.2, 0) is 9.53 Å². The summed E-state index contributed by atoms with van der Waals surface area (Å²) in [6.45, 7) is 3.79. The number of benzene rings is 1. The lowest BCUT2D eigenvalue weighted by molar-refractivity contribution is -0.124. The molecule has 3 aliphatic rings. The summed E-state index contributed by atoms with van der Waals surface area (Å²) in [7, 11) is 1.91. The summed E-state index contributed by atoms with van der Waals surface area (Å²) in [4.78, 5) is 29.0. The molecule has 1 aliphatic carbocycles. The van der Waals surface area contributed by atoms with E-state index in [-0.39, 0.29) is 17.9 Å². The Morgan fingerprint density at radius 1 is 1.19 bits per heavy atom. The van der Waals surface area contributed by atoms with Crippen LogP contribution in [0.3, 0.4) is 0 Å². The molecule has 2 amide bonds. The number of para-hydroxylation sites is 1. The van der Waals surface area contributed by atoms with Gasteiger partial charge < -0.3 is 19.9 Å². The zero-order valence-electron chi connectivity index (χ0n) is 15.3. The second kappa shape index (κ2) is 7.27. The molecule has 4 rings (SSSR count). The van der Waals surface area contributed by atoms with Crippen LogP contribution in [0.15, 0.2) is 24.3 Å². The number of morpholine rings is 1. The van der Waals surface area contributed by atoms with Crippen molar-refractivity contribution >= 4 is 17.5 Å². The number of piperidine rings is 1. The first-order chi connectivity index (χ1) is 12.6. The maximum Gasteiger partial charge on any atom is 0.255 e. The summed E-state index contributed by atoms with van der Waals surface area (Å²) in [5, 5.41) is 2.97. The predicted molar refractivity (Wildman–Crippen MR) is 99.2 cm³/mol. The predicted octanol–water partition coefficient (Wildman–Crippen LogP) is 1.51. The summed E-state index contributed by atoms with van der Waals surface area (Å²) in [5.41, 5.74) is 1.76. The van der Waals surface area contributed by atoms with E-state index in [9.17, 15) is 9.59 Å². The number of fused-ring (bicyclic) bond motifs is 1. The quantitative estimate of drug-likeness (QED) is 0.891. The molecule has 0 spiro atoms. The van der Waals surface area contributed by atoms with E-state index in [0.29, 0.717) is 31.5 Å². The van der Waals surface area contributed by atoms with E-state index in [2.05, 4.69) is 10.2 Å². The highest BCUT2D eigenvalue weighted by atomic mass is 16.5. The van der Waals surface area contributed by atoms with Gasteiger partial charge in [0.2, 0.25) is 5.91 Å². The molecule has 0 aromatic heterocycles. The topological polar surface area (TPSA) is 61.9 Å². The normalized spacial score (nSPS) is 28.4. The zero-order valence-corrected chi connectivity index (χ0v) is 15.3. The second-order valence-electron chi connectivity index (χ2n) is 7.69. The maximum atomic E-state index is 13.3. The molecule has 2 saturated heterocycles. The van der Waals surface area contributed by atoms with Crippen LogP contribution in [0, 0.1) is 11.8 Å². The van der Waals surface area contributed by atoms with Gasteiger partial charge in [0.25, 0.3) is 5.91 Å². The lowest BCUT2D eigenvalue weighted by Crippen LogP contribution is -2.40. The van der Waals surface area contributed by atoms with Gasteiger partial charge in [0.1, 0.15) is 0 Å². The van der Waals surface area contributed by atoms with E-state index < -0.39 is 0 Å². The first kappa shape index (κ1) is 17.3. The Labute approximate surface area is 154 Å². The zero-order chi connectivity index (χ0) is 18.1. The molecule has 6 heteroatoms. The molecule has 0 bridgehead atoms. The molecule has 2 aliphatic heterocycles. The smallest absolute Gasteiger partial charge is 0.255 e. The third-order valence-electron chi connectivity index (χ3n) is 6.18. The second-order valence-corrected chi connectivity index (χ2v) is 7.69. The minimum atomic E-state index is 0.0787. The lowest BCUT2D eigenvalue weighted by atomic mass is 9.89. The average molecular weight is 357 g/mol. The number of anilines is 1. The van der Waals surface area contributed by atoms with Crippen LogP contribution in [0.2, 0.25) is 0 Å². The molecule has 26 heavy (non-hydrogen) atoms. The van der Waals surface area contributed by atoms with Crippen LogP contribution < -0.4 is 10.2 Å². The third-order valence-corrected chi connectivity index (χ3v) is 6.18. The molecule has 3 atom stereocenters. The van der Waals surface area contributed by atoms with Gasteiger partial charge in [-0.1, -0.05) is 12.1 Å². The molecule has 0 radical (unpaired) electrons. The maximum absolute atomic E-state index is 13.3. The van der Waals surface area contributed by atoms with E-state index in [1.807, 2.05) is 36.2 Å². The number of carbonyl (C=O) groups excluding carboxylic acids is 2. The number of hydrogen-bond donors (Lipinski definition) is 1. The number of ether oxygens (including phenoxy) is 1. The molecule has 6 nitrogen and oxygen atoms in total. The molecular formula is C20H27N3O3. The molecular weight excluding hydrogens is 330 g/mol. The first-order valence-electron chi connectivity index (χ1n) is 9.59. The fourth-order valence-electron chi connectivity index (χ4n) is 4.64. The Kier molecular flexibility index (Phi) is 4.85. The first-order valence-corrected chi connectivity index (χ1v) is 9.59. The molecule has 2 heterocycles. The molecule has 140 valence electrons. The van der Waals surface area contributed by atoms with Crippen molar-refractivity contribution in [2.45, 2.75) is 25.3 Å². The van der Waals surface area contributed by atoms with Crippen LogP contribution in [0.5, 0.6) is 0 Å². The Bertz CT molecular complexity index is 687. The number of nitrogens with one attached hydrogen (secondary N) is 1. The van der Waals surface area contributed by atoms with Gasteiger partial charge in [-0.15, -0.1) is 0 Å². The Morgan fingerprint density at radius 3 is 2.73 bits per heavy atom. The third kappa shape index (κ3) is 3.30. The van der Waals surface area contributed by atoms with Crippen LogP contribution >= 0.6 is 0 Å². The van der Waals surface area contributed by atoms with E-state index in [1.165, 1.54) is 0 Å². The van der Waals surface area contributed by atoms with Gasteiger partial charge in [-0.25, -0.2) is 0 Å². The van der Waals surface area contributed by atoms with Crippen molar-refractivity contribution < 1.29 is 14.3 Å². The van der Waals surface area contributed by atoms with Crippen molar-refractivity contribution in [1.82, 2.24) is 10.2 Å². The van der Waals surface area contributed by atoms with Gasteiger partial charge in [-0.3, -0.25) is 9.59 Å². The fourth-order valence-corrected chi connectivity index (χ4v) is 4.64. The van der Waals surface area contributed by atoms with E-state index in [0.717, 1.165) is 43.7 Å². The molecule has 3 fully saturated rings. The van der Waals surface area contributed by atoms with Gasteiger partial charge in [0, 0.05) is 44.8 Å². The number of rotatable bonds is 3. The van der Waals surface area contributed by atoms with Gasteiger partial charge in [0.05, 0.1) is 18.8 Å². The van der Waals surface area contributed by atoms with Gasteiger partial charge in [-0.2, -0.15) is 0 Å². The molecule has 1 saturated carbocycles. The van der Waals surface area contributed by atoms with E-state index in [4.69, 9.17) is 4.74 Å². The monoisotopic (exact) mass is 357 g/mol. The Morgan fingerprint density at radius 2 is 1.92 bits per heavy atom. The van der Waals surface area contributed by atoms with E-state index in [1.54, 1.807) is 0 Å². The lowest BCUT2D eigenvalue weighted by Gasteiger charge is -2.32. The number of carbonyl (C=O) groups is 2. The minimum absolute atomic E-state index is 0.0787. The van der Waals surface area contributed by atoms with Gasteiger partial charge >= 0.3 is 0 Å². The molecule has 0 unspecified atom stereocenters. The highest BCUT2D eigenvalue weighted by molar-refractivity contribution is 6.00. The van der Waals surface area contributed by atoms with Crippen molar-refractivity contribution in [1.29, 1.82) is 0 Å². The van der Waals surface area contributed by atoms with Crippen LogP contribution in [0.1, 0.15) is 29.6 Å². The van der Waals surface area contributed by atoms with Crippen molar-refractivity contribution in [2.24, 2.45) is 11.8 Å². The van der Waals surface area contributed by atoms with Crippen LogP contribution in [0.4, 0.5) is 5.69 Å². The number of hydrogen-bond acceptors (Lipinski definition) is 4. The minimum Gasteiger partial charge on any atom is -0.378 e. The summed E-state index contributed by atoms with van der Waals surface area (Å²) in [6, 6.07) is 8.09. The molecule has 1 aromatic rings. The molecule has 1 aromatic carbocycles. The van der Waals surface area contributed by atoms with Crippen molar-refractivity contribution in [3.05, 3.63) is 29.8 Å². The summed E-state index contributed by atoms with van der Waals surface area (Å²) >= 11 is 0. The standard InChI is InChI=1S/C20H27N3O3/c1-22(16-10-14-12-19(24)21-13-15(14)11-16)20(25)17-4-2-3-5-18(17)23-6-8-26-9-7-23/h2-5,14-16H,6-13H2,1H3,(H,21,24)/t14-,15+,16-/m0/s1. The summed E-state index contributed by atoms with van der Waals surface area (Å²) in [5.74, 6) is 1.15. The average Bonchev–Trinajstić information content (AvgIpc) is 3.10. The molecule has 1 N–H and O–H groups in total. The summed E-state index contributed by atoms with van der Waals surface area (Å²) in [6.07, 6.45) is 2.51.